The van der Waals surface area contributed by atoms with E-state index in [0.29, 0.717) is 13.0 Å². The first kappa shape index (κ1) is 12.9. The number of amides is 1. The van der Waals surface area contributed by atoms with Crippen molar-refractivity contribution in [1.29, 1.82) is 0 Å². The van der Waals surface area contributed by atoms with Gasteiger partial charge in [0.05, 0.1) is 18.1 Å². The monoisotopic (exact) mass is 270 g/mol. The molecule has 5 heteroatoms. The maximum atomic E-state index is 11.7. The normalized spacial score (nSPS) is 18.8. The Morgan fingerprint density at radius 3 is 2.80 bits per heavy atom. The smallest absolute Gasteiger partial charge is 0.235 e. The summed E-state index contributed by atoms with van der Waals surface area (Å²) in [7, 11) is 1.96. The number of fused-ring (bicyclic) bond motifs is 1. The number of nitrogens with two attached hydrogens (primary N) is 1. The Bertz CT molecular complexity index is 634. The summed E-state index contributed by atoms with van der Waals surface area (Å²) in [5.74, 6) is -0.262. The van der Waals surface area contributed by atoms with Crippen LogP contribution in [-0.2, 0) is 31.4 Å². The van der Waals surface area contributed by atoms with Crippen molar-refractivity contribution in [1.82, 2.24) is 14.5 Å². The van der Waals surface area contributed by atoms with E-state index in [1.807, 2.05) is 29.9 Å². The molecule has 1 amide bonds. The summed E-state index contributed by atoms with van der Waals surface area (Å²) in [6.45, 7) is 1.42. The SMILES string of the molecule is Cn1cncc1CN1Cc2ccccc2C[C@H]1C(N)=O. The molecule has 2 aromatic rings. The summed E-state index contributed by atoms with van der Waals surface area (Å²) in [6, 6.07) is 7.98. The topological polar surface area (TPSA) is 64.2 Å². The first-order valence-corrected chi connectivity index (χ1v) is 6.70. The molecule has 20 heavy (non-hydrogen) atoms. The Kier molecular flexibility index (Phi) is 3.28. The number of carbonyl (C=O) groups is 1. The second-order valence-corrected chi connectivity index (χ2v) is 5.29. The first-order valence-electron chi connectivity index (χ1n) is 6.70. The van der Waals surface area contributed by atoms with Crippen LogP contribution in [0.2, 0.25) is 0 Å². The van der Waals surface area contributed by atoms with Gasteiger partial charge in [-0.1, -0.05) is 24.3 Å². The van der Waals surface area contributed by atoms with Crippen LogP contribution in [0, 0.1) is 0 Å². The number of rotatable bonds is 3. The van der Waals surface area contributed by atoms with Gasteiger partial charge in [-0.2, -0.15) is 0 Å². The van der Waals surface area contributed by atoms with Gasteiger partial charge in [0.2, 0.25) is 5.91 Å². The number of primary amides is 1. The average Bonchev–Trinajstić information content (AvgIpc) is 2.83. The molecule has 0 saturated heterocycles. The highest BCUT2D eigenvalue weighted by molar-refractivity contribution is 5.80. The second kappa shape index (κ2) is 5.09. The third-order valence-corrected chi connectivity index (χ3v) is 3.96. The van der Waals surface area contributed by atoms with Crippen molar-refractivity contribution < 1.29 is 4.79 Å². The van der Waals surface area contributed by atoms with Crippen molar-refractivity contribution in [3.8, 4) is 0 Å². The van der Waals surface area contributed by atoms with E-state index in [1.165, 1.54) is 11.1 Å². The Balaban J connectivity index is 1.89. The van der Waals surface area contributed by atoms with Crippen LogP contribution < -0.4 is 5.73 Å². The zero-order valence-corrected chi connectivity index (χ0v) is 11.5. The molecule has 1 aromatic heterocycles. The standard InChI is InChI=1S/C15H18N4O/c1-18-10-17-7-13(18)9-19-8-12-5-3-2-4-11(12)6-14(19)15(16)20/h2-5,7,10,14H,6,8-9H2,1H3,(H2,16,20)/t14-/m0/s1. The van der Waals surface area contributed by atoms with Crippen molar-refractivity contribution in [2.24, 2.45) is 12.8 Å². The van der Waals surface area contributed by atoms with Gasteiger partial charge in [0.1, 0.15) is 0 Å². The number of imidazole rings is 1. The van der Waals surface area contributed by atoms with Crippen LogP contribution in [0.4, 0.5) is 0 Å². The van der Waals surface area contributed by atoms with Crippen LogP contribution in [0.25, 0.3) is 0 Å². The molecule has 0 spiro atoms. The van der Waals surface area contributed by atoms with Gasteiger partial charge in [0, 0.05) is 26.3 Å². The second-order valence-electron chi connectivity index (χ2n) is 5.29. The van der Waals surface area contributed by atoms with Crippen LogP contribution >= 0.6 is 0 Å². The van der Waals surface area contributed by atoms with Crippen LogP contribution in [0.1, 0.15) is 16.8 Å². The lowest BCUT2D eigenvalue weighted by Crippen LogP contribution is -2.48. The predicted octanol–water partition coefficient (Wildman–Crippen LogP) is 0.832. The lowest BCUT2D eigenvalue weighted by molar-refractivity contribution is -0.124. The van der Waals surface area contributed by atoms with E-state index >= 15 is 0 Å². The summed E-state index contributed by atoms with van der Waals surface area (Å²) in [4.78, 5) is 18.0. The number of benzene rings is 1. The van der Waals surface area contributed by atoms with Crippen LogP contribution in [-0.4, -0.2) is 26.4 Å². The van der Waals surface area contributed by atoms with Gasteiger partial charge < -0.3 is 10.3 Å². The van der Waals surface area contributed by atoms with Crippen LogP contribution in [0.5, 0.6) is 0 Å². The molecule has 104 valence electrons. The lowest BCUT2D eigenvalue weighted by Gasteiger charge is -2.34. The summed E-state index contributed by atoms with van der Waals surface area (Å²) in [6.07, 6.45) is 4.29. The van der Waals surface area contributed by atoms with Gasteiger partial charge in [-0.05, 0) is 17.5 Å². The van der Waals surface area contributed by atoms with Gasteiger partial charge in [-0.15, -0.1) is 0 Å². The summed E-state index contributed by atoms with van der Waals surface area (Å²) in [5.41, 5.74) is 9.15. The largest absolute Gasteiger partial charge is 0.368 e. The highest BCUT2D eigenvalue weighted by Crippen LogP contribution is 2.24. The van der Waals surface area contributed by atoms with Crippen molar-refractivity contribution in [3.63, 3.8) is 0 Å². The molecule has 3 rings (SSSR count). The van der Waals surface area contributed by atoms with Crippen LogP contribution in [0.15, 0.2) is 36.8 Å². The zero-order chi connectivity index (χ0) is 14.1. The van der Waals surface area contributed by atoms with Gasteiger partial charge in [0.25, 0.3) is 0 Å². The molecule has 0 fully saturated rings. The van der Waals surface area contributed by atoms with Crippen molar-refractivity contribution in [3.05, 3.63) is 53.6 Å². The van der Waals surface area contributed by atoms with E-state index in [-0.39, 0.29) is 11.9 Å². The van der Waals surface area contributed by atoms with E-state index in [4.69, 9.17) is 5.73 Å². The van der Waals surface area contributed by atoms with Crippen molar-refractivity contribution in [2.45, 2.75) is 25.6 Å². The van der Waals surface area contributed by atoms with Gasteiger partial charge in [0.15, 0.2) is 0 Å². The van der Waals surface area contributed by atoms with Crippen molar-refractivity contribution in [2.75, 3.05) is 0 Å². The highest BCUT2D eigenvalue weighted by Gasteiger charge is 2.30. The molecule has 5 nitrogen and oxygen atoms in total. The fourth-order valence-corrected chi connectivity index (χ4v) is 2.77. The van der Waals surface area contributed by atoms with E-state index in [1.54, 1.807) is 6.33 Å². The minimum absolute atomic E-state index is 0.250. The number of aryl methyl sites for hydroxylation is 1. The highest BCUT2D eigenvalue weighted by atomic mass is 16.1. The van der Waals surface area contributed by atoms with Gasteiger partial charge >= 0.3 is 0 Å². The minimum Gasteiger partial charge on any atom is -0.368 e. The number of hydrogen-bond donors (Lipinski definition) is 1. The Hall–Kier alpha value is -2.14. The summed E-state index contributed by atoms with van der Waals surface area (Å²) in [5, 5.41) is 0. The maximum Gasteiger partial charge on any atom is 0.235 e. The molecule has 0 bridgehead atoms. The Labute approximate surface area is 118 Å². The molecule has 2 N–H and O–H groups in total. The lowest BCUT2D eigenvalue weighted by atomic mass is 9.93. The molecule has 1 atom stereocenters. The van der Waals surface area contributed by atoms with Gasteiger partial charge in [-0.25, -0.2) is 4.98 Å². The minimum atomic E-state index is -0.262. The predicted molar refractivity (Wildman–Crippen MR) is 75.6 cm³/mol. The molecule has 0 saturated carbocycles. The molecular weight excluding hydrogens is 252 g/mol. The number of carbonyl (C=O) groups excluding carboxylic acids is 1. The Morgan fingerprint density at radius 1 is 1.40 bits per heavy atom. The summed E-state index contributed by atoms with van der Waals surface area (Å²) < 4.78 is 1.97. The molecule has 1 aromatic carbocycles. The molecule has 0 aliphatic carbocycles. The molecule has 1 aliphatic heterocycles. The first-order chi connectivity index (χ1) is 9.65. The number of aromatic nitrogens is 2. The van der Waals surface area contributed by atoms with E-state index in [0.717, 1.165) is 12.2 Å². The van der Waals surface area contributed by atoms with E-state index < -0.39 is 0 Å². The van der Waals surface area contributed by atoms with E-state index in [2.05, 4.69) is 22.0 Å². The summed E-state index contributed by atoms with van der Waals surface area (Å²) >= 11 is 0. The molecule has 1 aliphatic rings. The zero-order valence-electron chi connectivity index (χ0n) is 11.5. The van der Waals surface area contributed by atoms with E-state index in [9.17, 15) is 4.79 Å². The number of hydrogen-bond acceptors (Lipinski definition) is 3. The molecule has 2 heterocycles. The molecule has 0 unspecified atom stereocenters. The number of nitrogens with zero attached hydrogens (tertiary/aromatic N) is 3. The quantitative estimate of drug-likeness (QED) is 0.898. The van der Waals surface area contributed by atoms with Crippen LogP contribution in [0.3, 0.4) is 0 Å². The average molecular weight is 270 g/mol. The maximum absolute atomic E-state index is 11.7. The molecular formula is C15H18N4O. The van der Waals surface area contributed by atoms with Crippen molar-refractivity contribution >= 4 is 5.91 Å². The fraction of sp³-hybridized carbons (Fsp3) is 0.333. The molecule has 0 radical (unpaired) electrons. The third kappa shape index (κ3) is 2.32. The van der Waals surface area contributed by atoms with Gasteiger partial charge in [-0.3, -0.25) is 9.69 Å². The Morgan fingerprint density at radius 2 is 2.15 bits per heavy atom. The third-order valence-electron chi connectivity index (χ3n) is 3.96. The fourth-order valence-electron chi connectivity index (χ4n) is 2.77.